The molecule has 1 atom stereocenters. The first-order chi connectivity index (χ1) is 17.6. The van der Waals surface area contributed by atoms with E-state index in [0.29, 0.717) is 52.4 Å². The van der Waals surface area contributed by atoms with Crippen LogP contribution in [0.3, 0.4) is 0 Å². The highest BCUT2D eigenvalue weighted by Gasteiger charge is 2.23. The third kappa shape index (κ3) is 4.59. The number of rotatable bonds is 9. The number of carbonyl (C=O) groups excluding carboxylic acids is 1. The second-order valence-corrected chi connectivity index (χ2v) is 9.14. The van der Waals surface area contributed by atoms with Crippen molar-refractivity contribution in [3.8, 4) is 22.9 Å². The summed E-state index contributed by atoms with van der Waals surface area (Å²) in [6.45, 7) is 2.29. The van der Waals surface area contributed by atoms with Crippen LogP contribution in [0.25, 0.3) is 27.9 Å². The second kappa shape index (κ2) is 10.3. The summed E-state index contributed by atoms with van der Waals surface area (Å²) in [5, 5.41) is 8.64. The molecule has 0 saturated heterocycles. The Labute approximate surface area is 211 Å². The van der Waals surface area contributed by atoms with Gasteiger partial charge in [-0.3, -0.25) is 4.79 Å². The lowest BCUT2D eigenvalue weighted by molar-refractivity contribution is -0.120. The molecular formula is C26H25N5O4S. The Balaban J connectivity index is 1.58. The van der Waals surface area contributed by atoms with E-state index in [9.17, 15) is 4.79 Å². The van der Waals surface area contributed by atoms with E-state index in [4.69, 9.17) is 29.0 Å². The highest BCUT2D eigenvalue weighted by atomic mass is 32.2. The molecule has 0 aliphatic rings. The van der Waals surface area contributed by atoms with Crippen LogP contribution in [0.15, 0.2) is 70.4 Å². The lowest BCUT2D eigenvalue weighted by Gasteiger charge is -2.15. The molecule has 1 N–H and O–H groups in total. The van der Waals surface area contributed by atoms with Gasteiger partial charge < -0.3 is 19.2 Å². The first kappa shape index (κ1) is 23.7. The number of furan rings is 1. The lowest BCUT2D eigenvalue weighted by atomic mass is 10.2. The van der Waals surface area contributed by atoms with Crippen LogP contribution in [0.1, 0.15) is 19.1 Å². The van der Waals surface area contributed by atoms with E-state index < -0.39 is 5.25 Å². The highest BCUT2D eigenvalue weighted by Crippen LogP contribution is 2.36. The summed E-state index contributed by atoms with van der Waals surface area (Å²) < 4.78 is 18.0. The SMILES string of the molecule is CC[C@H](Sc1nc2cc(OC)c(OC)cc2c2nc(-c3ccccc3)nn12)C(=O)NCc1ccco1. The smallest absolute Gasteiger partial charge is 0.233 e. The molecule has 0 unspecified atom stereocenters. The molecule has 3 heterocycles. The molecule has 9 nitrogen and oxygen atoms in total. The van der Waals surface area contributed by atoms with Gasteiger partial charge in [0, 0.05) is 17.0 Å². The third-order valence-corrected chi connectivity index (χ3v) is 7.01. The largest absolute Gasteiger partial charge is 0.493 e. The molecule has 0 radical (unpaired) electrons. The molecule has 36 heavy (non-hydrogen) atoms. The maximum absolute atomic E-state index is 13.0. The highest BCUT2D eigenvalue weighted by molar-refractivity contribution is 8.00. The van der Waals surface area contributed by atoms with Crippen LogP contribution in [0, 0.1) is 0 Å². The summed E-state index contributed by atoms with van der Waals surface area (Å²) in [5.41, 5.74) is 2.17. The van der Waals surface area contributed by atoms with Gasteiger partial charge in [-0.1, -0.05) is 49.0 Å². The second-order valence-electron chi connectivity index (χ2n) is 7.97. The van der Waals surface area contributed by atoms with Crippen molar-refractivity contribution >= 4 is 34.2 Å². The molecule has 2 aromatic carbocycles. The normalized spacial score (nSPS) is 12.1. The maximum Gasteiger partial charge on any atom is 0.233 e. The fraction of sp³-hybridized carbons (Fsp3) is 0.231. The molecule has 0 aliphatic heterocycles. The number of benzene rings is 2. The third-order valence-electron chi connectivity index (χ3n) is 5.71. The minimum absolute atomic E-state index is 0.107. The Morgan fingerprint density at radius 3 is 2.56 bits per heavy atom. The first-order valence-electron chi connectivity index (χ1n) is 11.5. The maximum atomic E-state index is 13.0. The predicted molar refractivity (Wildman–Crippen MR) is 137 cm³/mol. The van der Waals surface area contributed by atoms with E-state index in [1.54, 1.807) is 31.1 Å². The van der Waals surface area contributed by atoms with Crippen molar-refractivity contribution in [2.75, 3.05) is 14.2 Å². The number of thioether (sulfide) groups is 1. The Morgan fingerprint density at radius 2 is 1.86 bits per heavy atom. The van der Waals surface area contributed by atoms with Crippen molar-refractivity contribution in [3.63, 3.8) is 0 Å². The molecule has 0 bridgehead atoms. The number of methoxy groups -OCH3 is 2. The van der Waals surface area contributed by atoms with Crippen molar-refractivity contribution in [2.24, 2.45) is 0 Å². The summed E-state index contributed by atoms with van der Waals surface area (Å²) in [4.78, 5) is 22.7. The molecule has 5 rings (SSSR count). The van der Waals surface area contributed by atoms with E-state index in [-0.39, 0.29) is 5.91 Å². The number of nitrogens with zero attached hydrogens (tertiary/aromatic N) is 4. The average molecular weight is 504 g/mol. The fourth-order valence-electron chi connectivity index (χ4n) is 3.85. The van der Waals surface area contributed by atoms with Crippen molar-refractivity contribution < 1.29 is 18.7 Å². The number of amides is 1. The van der Waals surface area contributed by atoms with Crippen LogP contribution in [0.4, 0.5) is 0 Å². The van der Waals surface area contributed by atoms with Crippen molar-refractivity contribution in [1.29, 1.82) is 0 Å². The van der Waals surface area contributed by atoms with Gasteiger partial charge in [-0.05, 0) is 24.6 Å². The standard InChI is InChI=1S/C26H25N5O4S/c1-4-22(25(32)27-15-17-11-8-12-35-17)36-26-28-19-14-21(34-3)20(33-2)13-18(19)24-29-23(30-31(24)26)16-9-6-5-7-10-16/h5-14,22H,4,15H2,1-3H3,(H,27,32)/t22-/m0/s1. The number of fused-ring (bicyclic) bond motifs is 3. The fourth-order valence-corrected chi connectivity index (χ4v) is 4.84. The molecule has 184 valence electrons. The van der Waals surface area contributed by atoms with Gasteiger partial charge in [-0.15, -0.1) is 5.10 Å². The molecular weight excluding hydrogens is 478 g/mol. The average Bonchev–Trinajstić information content (AvgIpc) is 3.61. The summed E-state index contributed by atoms with van der Waals surface area (Å²) in [5.74, 6) is 2.28. The zero-order valence-electron chi connectivity index (χ0n) is 20.1. The van der Waals surface area contributed by atoms with E-state index in [2.05, 4.69) is 5.32 Å². The molecule has 0 saturated carbocycles. The lowest BCUT2D eigenvalue weighted by Crippen LogP contribution is -2.32. The quantitative estimate of drug-likeness (QED) is 0.227. The van der Waals surface area contributed by atoms with Gasteiger partial charge in [0.25, 0.3) is 0 Å². The Morgan fingerprint density at radius 1 is 1.08 bits per heavy atom. The first-order valence-corrected chi connectivity index (χ1v) is 12.3. The van der Waals surface area contributed by atoms with Crippen LogP contribution < -0.4 is 14.8 Å². The van der Waals surface area contributed by atoms with Crippen molar-refractivity contribution in [2.45, 2.75) is 30.3 Å². The summed E-state index contributed by atoms with van der Waals surface area (Å²) in [6, 6.07) is 17.0. The number of carbonyl (C=O) groups is 1. The van der Waals surface area contributed by atoms with Crippen LogP contribution in [-0.2, 0) is 11.3 Å². The monoisotopic (exact) mass is 503 g/mol. The van der Waals surface area contributed by atoms with Crippen molar-refractivity contribution in [3.05, 3.63) is 66.6 Å². The molecule has 0 spiro atoms. The Bertz CT molecular complexity index is 1500. The molecule has 1 amide bonds. The summed E-state index contributed by atoms with van der Waals surface area (Å²) in [7, 11) is 3.17. The van der Waals surface area contributed by atoms with Crippen LogP contribution in [-0.4, -0.2) is 45.0 Å². The predicted octanol–water partition coefficient (Wildman–Crippen LogP) is 4.74. The number of ether oxygens (including phenoxy) is 2. The number of aromatic nitrogens is 4. The number of hydrogen-bond donors (Lipinski definition) is 1. The van der Waals surface area contributed by atoms with E-state index in [1.807, 2.05) is 55.5 Å². The number of nitrogens with one attached hydrogen (secondary N) is 1. The summed E-state index contributed by atoms with van der Waals surface area (Å²) in [6.07, 6.45) is 2.18. The van der Waals surface area contributed by atoms with Crippen molar-refractivity contribution in [1.82, 2.24) is 24.9 Å². The van der Waals surface area contributed by atoms with Gasteiger partial charge in [0.2, 0.25) is 5.91 Å². The zero-order valence-corrected chi connectivity index (χ0v) is 20.9. The van der Waals surface area contributed by atoms with E-state index >= 15 is 0 Å². The van der Waals surface area contributed by atoms with Gasteiger partial charge in [0.1, 0.15) is 5.76 Å². The molecule has 0 aliphatic carbocycles. The molecule has 10 heteroatoms. The topological polar surface area (TPSA) is 104 Å². The Kier molecular flexibility index (Phi) is 6.77. The van der Waals surface area contributed by atoms with Gasteiger partial charge in [-0.2, -0.15) is 4.52 Å². The van der Waals surface area contributed by atoms with Crippen LogP contribution in [0.2, 0.25) is 0 Å². The number of hydrogen-bond acceptors (Lipinski definition) is 8. The van der Waals surface area contributed by atoms with Crippen LogP contribution >= 0.6 is 11.8 Å². The Hall–Kier alpha value is -4.05. The van der Waals surface area contributed by atoms with Crippen LogP contribution in [0.5, 0.6) is 11.5 Å². The minimum atomic E-state index is -0.391. The van der Waals surface area contributed by atoms with Gasteiger partial charge in [-0.25, -0.2) is 9.97 Å². The molecule has 3 aromatic heterocycles. The summed E-state index contributed by atoms with van der Waals surface area (Å²) >= 11 is 1.34. The molecule has 5 aromatic rings. The minimum Gasteiger partial charge on any atom is -0.493 e. The van der Waals surface area contributed by atoms with E-state index in [1.165, 1.54) is 11.8 Å². The zero-order chi connectivity index (χ0) is 25.1. The van der Waals surface area contributed by atoms with Gasteiger partial charge >= 0.3 is 0 Å². The molecule has 0 fully saturated rings. The van der Waals surface area contributed by atoms with Gasteiger partial charge in [0.15, 0.2) is 28.1 Å². The van der Waals surface area contributed by atoms with Gasteiger partial charge in [0.05, 0.1) is 37.8 Å². The van der Waals surface area contributed by atoms with E-state index in [0.717, 1.165) is 10.9 Å².